The van der Waals surface area contributed by atoms with Gasteiger partial charge in [-0.05, 0) is 68.4 Å². The van der Waals surface area contributed by atoms with Crippen LogP contribution in [0.15, 0.2) is 24.3 Å². The van der Waals surface area contributed by atoms with Gasteiger partial charge in [-0.25, -0.2) is 4.39 Å². The molecule has 4 bridgehead atoms. The van der Waals surface area contributed by atoms with Crippen LogP contribution in [0.3, 0.4) is 0 Å². The highest BCUT2D eigenvalue weighted by atomic mass is 19.1. The molecule has 1 aromatic carbocycles. The smallest absolute Gasteiger partial charge is 0.254 e. The van der Waals surface area contributed by atoms with Crippen molar-refractivity contribution in [2.45, 2.75) is 44.1 Å². The minimum absolute atomic E-state index is 0.0277. The molecule has 0 heterocycles. The maximum absolute atomic E-state index is 13.6. The number of carbonyl (C=O) groups is 2. The van der Waals surface area contributed by atoms with Gasteiger partial charge in [-0.1, -0.05) is 12.1 Å². The van der Waals surface area contributed by atoms with Gasteiger partial charge in [0.15, 0.2) is 0 Å². The highest BCUT2D eigenvalue weighted by Gasteiger charge is 2.51. The molecule has 24 heavy (non-hydrogen) atoms. The Kier molecular flexibility index (Phi) is 3.82. The summed E-state index contributed by atoms with van der Waals surface area (Å²) >= 11 is 0. The third-order valence-electron chi connectivity index (χ3n) is 5.97. The highest BCUT2D eigenvalue weighted by Crippen LogP contribution is 2.55. The SMILES string of the molecule is O=C(CNC(=O)c1ccccc1F)NC12CC3CC(CC(C3)C1)C2. The monoisotopic (exact) mass is 330 g/mol. The molecule has 0 aromatic heterocycles. The number of nitrogens with one attached hydrogen (secondary N) is 2. The van der Waals surface area contributed by atoms with Crippen molar-refractivity contribution in [1.82, 2.24) is 10.6 Å². The van der Waals surface area contributed by atoms with Gasteiger partial charge in [-0.15, -0.1) is 0 Å². The number of hydrogen-bond donors (Lipinski definition) is 2. The topological polar surface area (TPSA) is 58.2 Å². The molecule has 0 aliphatic heterocycles. The molecule has 0 atom stereocenters. The number of halogens is 1. The molecule has 5 heteroatoms. The summed E-state index contributed by atoms with van der Waals surface area (Å²) in [6.07, 6.45) is 7.18. The lowest BCUT2D eigenvalue weighted by Crippen LogP contribution is -2.61. The molecule has 4 saturated carbocycles. The summed E-state index contributed by atoms with van der Waals surface area (Å²) in [4.78, 5) is 24.3. The summed E-state index contributed by atoms with van der Waals surface area (Å²) < 4.78 is 13.6. The zero-order valence-corrected chi connectivity index (χ0v) is 13.7. The van der Waals surface area contributed by atoms with Crippen LogP contribution in [0.5, 0.6) is 0 Å². The molecule has 2 N–H and O–H groups in total. The van der Waals surface area contributed by atoms with Crippen molar-refractivity contribution in [3.63, 3.8) is 0 Å². The summed E-state index contributed by atoms with van der Waals surface area (Å²) in [7, 11) is 0. The first kappa shape index (κ1) is 15.6. The summed E-state index contributed by atoms with van der Waals surface area (Å²) in [5.74, 6) is 0.977. The van der Waals surface area contributed by atoms with Crippen LogP contribution >= 0.6 is 0 Å². The van der Waals surface area contributed by atoms with Crippen LogP contribution in [0.2, 0.25) is 0 Å². The van der Waals surface area contributed by atoms with Crippen LogP contribution in [-0.4, -0.2) is 23.9 Å². The molecular formula is C19H23FN2O2. The average Bonchev–Trinajstić information content (AvgIpc) is 2.51. The van der Waals surface area contributed by atoms with Crippen molar-refractivity contribution in [3.8, 4) is 0 Å². The Morgan fingerprint density at radius 3 is 2.21 bits per heavy atom. The van der Waals surface area contributed by atoms with E-state index in [0.29, 0.717) is 0 Å². The van der Waals surface area contributed by atoms with Gasteiger partial charge < -0.3 is 10.6 Å². The van der Waals surface area contributed by atoms with Gasteiger partial charge in [0.25, 0.3) is 5.91 Å². The second-order valence-corrected chi connectivity index (χ2v) is 7.91. The second kappa shape index (κ2) is 5.87. The minimum Gasteiger partial charge on any atom is -0.349 e. The van der Waals surface area contributed by atoms with Gasteiger partial charge in [0, 0.05) is 5.54 Å². The van der Waals surface area contributed by atoms with E-state index >= 15 is 0 Å². The Morgan fingerprint density at radius 1 is 1.04 bits per heavy atom. The van der Waals surface area contributed by atoms with Gasteiger partial charge in [0.05, 0.1) is 12.1 Å². The van der Waals surface area contributed by atoms with Crippen LogP contribution in [-0.2, 0) is 4.79 Å². The molecule has 1 aromatic rings. The van der Waals surface area contributed by atoms with E-state index in [0.717, 1.165) is 37.0 Å². The number of hydrogen-bond acceptors (Lipinski definition) is 2. The molecule has 0 unspecified atom stereocenters. The van der Waals surface area contributed by atoms with Gasteiger partial charge >= 0.3 is 0 Å². The summed E-state index contributed by atoms with van der Waals surface area (Å²) in [5.41, 5.74) is -0.0886. The first-order valence-electron chi connectivity index (χ1n) is 8.87. The lowest BCUT2D eigenvalue weighted by atomic mass is 9.53. The lowest BCUT2D eigenvalue weighted by Gasteiger charge is -2.56. The normalized spacial score (nSPS) is 33.3. The predicted octanol–water partition coefficient (Wildman–Crippen LogP) is 2.64. The van der Waals surface area contributed by atoms with E-state index in [1.54, 1.807) is 6.07 Å². The Balaban J connectivity index is 1.34. The first-order chi connectivity index (χ1) is 11.5. The fourth-order valence-corrected chi connectivity index (χ4v) is 5.50. The first-order valence-corrected chi connectivity index (χ1v) is 8.87. The van der Waals surface area contributed by atoms with Gasteiger partial charge in [0.1, 0.15) is 5.82 Å². The maximum Gasteiger partial charge on any atom is 0.254 e. The fourth-order valence-electron chi connectivity index (χ4n) is 5.50. The van der Waals surface area contributed by atoms with Crippen molar-refractivity contribution < 1.29 is 14.0 Å². The molecule has 4 fully saturated rings. The third kappa shape index (κ3) is 2.92. The number of amides is 2. The summed E-state index contributed by atoms with van der Waals surface area (Å²) in [5, 5.41) is 5.73. The van der Waals surface area contributed by atoms with Crippen molar-refractivity contribution in [2.24, 2.45) is 17.8 Å². The zero-order chi connectivity index (χ0) is 16.7. The van der Waals surface area contributed by atoms with Gasteiger partial charge in [-0.2, -0.15) is 0 Å². The van der Waals surface area contributed by atoms with E-state index in [1.807, 2.05) is 0 Å². The molecule has 0 spiro atoms. The molecule has 128 valence electrons. The molecule has 0 radical (unpaired) electrons. The number of carbonyl (C=O) groups excluding carboxylic acids is 2. The number of benzene rings is 1. The van der Waals surface area contributed by atoms with Crippen LogP contribution < -0.4 is 10.6 Å². The molecule has 5 rings (SSSR count). The predicted molar refractivity (Wildman–Crippen MR) is 87.8 cm³/mol. The Morgan fingerprint density at radius 2 is 1.62 bits per heavy atom. The Labute approximate surface area is 141 Å². The molecule has 4 aliphatic carbocycles. The summed E-state index contributed by atoms with van der Waals surface area (Å²) in [6.45, 7) is -0.102. The Hall–Kier alpha value is -1.91. The van der Waals surface area contributed by atoms with E-state index < -0.39 is 11.7 Å². The van der Waals surface area contributed by atoms with Gasteiger partial charge in [0.2, 0.25) is 5.91 Å². The molecule has 4 aliphatic rings. The van der Waals surface area contributed by atoms with Crippen molar-refractivity contribution in [3.05, 3.63) is 35.6 Å². The third-order valence-corrected chi connectivity index (χ3v) is 5.97. The molecule has 0 saturated heterocycles. The minimum atomic E-state index is -0.573. The van der Waals surface area contributed by atoms with Crippen molar-refractivity contribution in [1.29, 1.82) is 0 Å². The molecular weight excluding hydrogens is 307 g/mol. The Bertz CT molecular complexity index is 638. The van der Waals surface area contributed by atoms with E-state index in [9.17, 15) is 14.0 Å². The molecule has 4 nitrogen and oxygen atoms in total. The van der Waals surface area contributed by atoms with E-state index in [2.05, 4.69) is 10.6 Å². The quantitative estimate of drug-likeness (QED) is 0.892. The lowest BCUT2D eigenvalue weighted by molar-refractivity contribution is -0.125. The van der Waals surface area contributed by atoms with Gasteiger partial charge in [-0.3, -0.25) is 9.59 Å². The number of rotatable bonds is 4. The average molecular weight is 330 g/mol. The standard InChI is InChI=1S/C19H23FN2O2/c20-16-4-2-1-3-15(16)18(24)21-11-17(23)22-19-8-12-5-13(9-19)7-14(6-12)10-19/h1-4,12-14H,5-11H2,(H,21,24)(H,22,23). The van der Waals surface area contributed by atoms with Crippen molar-refractivity contribution in [2.75, 3.05) is 6.54 Å². The maximum atomic E-state index is 13.6. The van der Waals surface area contributed by atoms with Crippen LogP contribution in [0.4, 0.5) is 4.39 Å². The van der Waals surface area contributed by atoms with E-state index in [1.165, 1.54) is 37.5 Å². The van der Waals surface area contributed by atoms with Crippen molar-refractivity contribution >= 4 is 11.8 Å². The highest BCUT2D eigenvalue weighted by molar-refractivity contribution is 5.96. The van der Waals surface area contributed by atoms with E-state index in [4.69, 9.17) is 0 Å². The molecule has 2 amide bonds. The van der Waals surface area contributed by atoms with Crippen LogP contribution in [0, 0.1) is 23.6 Å². The summed E-state index contributed by atoms with van der Waals surface area (Å²) in [6, 6.07) is 5.80. The second-order valence-electron chi connectivity index (χ2n) is 7.91. The van der Waals surface area contributed by atoms with Crippen LogP contribution in [0.25, 0.3) is 0 Å². The largest absolute Gasteiger partial charge is 0.349 e. The fraction of sp³-hybridized carbons (Fsp3) is 0.579. The van der Waals surface area contributed by atoms with Crippen LogP contribution in [0.1, 0.15) is 48.9 Å². The van der Waals surface area contributed by atoms with E-state index in [-0.39, 0.29) is 23.6 Å². The zero-order valence-electron chi connectivity index (χ0n) is 13.7.